The van der Waals surface area contributed by atoms with Crippen molar-refractivity contribution in [2.24, 2.45) is 0 Å². The molecule has 0 aromatic heterocycles. The monoisotopic (exact) mass is 405 g/mol. The van der Waals surface area contributed by atoms with Gasteiger partial charge in [0.05, 0.1) is 11.9 Å². The molecule has 0 aliphatic rings. The third-order valence-electron chi connectivity index (χ3n) is 4.16. The number of rotatable bonds is 8. The summed E-state index contributed by atoms with van der Waals surface area (Å²) in [4.78, 5) is 24.0. The second-order valence-corrected chi connectivity index (χ2v) is 8.38. The molecular formula is C20H23NO6S. The van der Waals surface area contributed by atoms with Crippen molar-refractivity contribution in [1.82, 2.24) is 0 Å². The van der Waals surface area contributed by atoms with E-state index < -0.39 is 28.4 Å². The van der Waals surface area contributed by atoms with Gasteiger partial charge in [0.15, 0.2) is 19.0 Å². The van der Waals surface area contributed by atoms with E-state index in [0.29, 0.717) is 17.0 Å². The summed E-state index contributed by atoms with van der Waals surface area (Å²) in [5.74, 6) is -0.422. The van der Waals surface area contributed by atoms with E-state index >= 15 is 0 Å². The molecule has 0 saturated heterocycles. The van der Waals surface area contributed by atoms with Crippen LogP contribution in [0.3, 0.4) is 0 Å². The first-order valence-corrected chi connectivity index (χ1v) is 10.4. The fraction of sp³-hybridized carbons (Fsp3) is 0.300. The molecule has 0 bridgehead atoms. The Balaban J connectivity index is 1.88. The quantitative estimate of drug-likeness (QED) is 0.495. The van der Waals surface area contributed by atoms with Crippen molar-refractivity contribution in [3.8, 4) is 5.75 Å². The summed E-state index contributed by atoms with van der Waals surface area (Å²) < 4.78 is 34.6. The lowest BCUT2D eigenvalue weighted by atomic mass is 10.1. The molecule has 0 spiro atoms. The van der Waals surface area contributed by atoms with Gasteiger partial charge in [-0.2, -0.15) is 0 Å². The first-order valence-electron chi connectivity index (χ1n) is 8.51. The highest BCUT2D eigenvalue weighted by atomic mass is 32.2. The second-order valence-electron chi connectivity index (χ2n) is 6.37. The number of carbonyl (C=O) groups excluding carboxylic acids is 2. The van der Waals surface area contributed by atoms with E-state index in [9.17, 15) is 18.0 Å². The molecule has 0 aliphatic carbocycles. The summed E-state index contributed by atoms with van der Waals surface area (Å²) in [6, 6.07) is 11.7. The van der Waals surface area contributed by atoms with Crippen molar-refractivity contribution in [3.63, 3.8) is 0 Å². The Labute approximate surface area is 164 Å². The van der Waals surface area contributed by atoms with Gasteiger partial charge in [0, 0.05) is 12.6 Å². The molecule has 0 saturated carbocycles. The topological polar surface area (TPSA) is 90.0 Å². The van der Waals surface area contributed by atoms with Crippen molar-refractivity contribution in [2.45, 2.75) is 13.8 Å². The minimum atomic E-state index is -3.38. The van der Waals surface area contributed by atoms with Gasteiger partial charge in [-0.25, -0.2) is 13.2 Å². The van der Waals surface area contributed by atoms with Gasteiger partial charge in [-0.05, 0) is 49.2 Å². The summed E-state index contributed by atoms with van der Waals surface area (Å²) in [6.07, 6.45) is 1.09. The molecule has 2 aromatic carbocycles. The van der Waals surface area contributed by atoms with Crippen LogP contribution in [0.4, 0.5) is 5.69 Å². The average molecular weight is 405 g/mol. The van der Waals surface area contributed by atoms with E-state index in [1.807, 2.05) is 32.0 Å². The number of hydrogen-bond acceptors (Lipinski definition) is 6. The van der Waals surface area contributed by atoms with Crippen LogP contribution >= 0.6 is 0 Å². The molecule has 0 N–H and O–H groups in total. The Bertz CT molecular complexity index is 946. The lowest BCUT2D eigenvalue weighted by Crippen LogP contribution is -2.24. The smallest absolute Gasteiger partial charge is 0.344 e. The normalized spacial score (nSPS) is 11.0. The van der Waals surface area contributed by atoms with Crippen LogP contribution in [0.15, 0.2) is 42.5 Å². The van der Waals surface area contributed by atoms with Crippen LogP contribution in [0.5, 0.6) is 5.75 Å². The first-order chi connectivity index (χ1) is 13.1. The molecule has 8 heteroatoms. The minimum absolute atomic E-state index is 0.295. The molecule has 0 radical (unpaired) electrons. The summed E-state index contributed by atoms with van der Waals surface area (Å²) in [7, 11) is -1.96. The van der Waals surface area contributed by atoms with Crippen LogP contribution in [0.1, 0.15) is 21.5 Å². The van der Waals surface area contributed by atoms with E-state index in [1.165, 1.54) is 31.3 Å². The molecule has 0 amide bonds. The van der Waals surface area contributed by atoms with Crippen LogP contribution in [-0.2, 0) is 19.6 Å². The van der Waals surface area contributed by atoms with Crippen molar-refractivity contribution < 1.29 is 27.5 Å². The van der Waals surface area contributed by atoms with Gasteiger partial charge in [-0.15, -0.1) is 0 Å². The Morgan fingerprint density at radius 1 is 0.964 bits per heavy atom. The Morgan fingerprint density at radius 3 is 2.07 bits per heavy atom. The molecule has 28 heavy (non-hydrogen) atoms. The average Bonchev–Trinajstić information content (AvgIpc) is 2.64. The standard InChI is InChI=1S/C20H23NO6S/c1-14-6-5-7-15(2)20(14)27-13-19(23)26-12-18(22)16-8-10-17(11-9-16)21(3)28(4,24)25/h5-11H,12-13H2,1-4H3. The van der Waals surface area contributed by atoms with Gasteiger partial charge in [-0.1, -0.05) is 18.2 Å². The number of anilines is 1. The number of benzene rings is 2. The summed E-state index contributed by atoms with van der Waals surface area (Å²) in [6.45, 7) is 3.04. The highest BCUT2D eigenvalue weighted by Crippen LogP contribution is 2.22. The molecule has 7 nitrogen and oxygen atoms in total. The molecule has 0 atom stereocenters. The highest BCUT2D eigenvalue weighted by Gasteiger charge is 2.15. The zero-order chi connectivity index (χ0) is 20.9. The third kappa shape index (κ3) is 5.56. The summed E-state index contributed by atoms with van der Waals surface area (Å²) >= 11 is 0. The van der Waals surface area contributed by atoms with E-state index in [-0.39, 0.29) is 6.61 Å². The Kier molecular flexibility index (Phi) is 6.80. The van der Waals surface area contributed by atoms with Crippen molar-refractivity contribution >= 4 is 27.5 Å². The maximum Gasteiger partial charge on any atom is 0.344 e. The van der Waals surface area contributed by atoms with E-state index in [0.717, 1.165) is 21.7 Å². The maximum atomic E-state index is 12.2. The molecular weight excluding hydrogens is 382 g/mol. The van der Waals surface area contributed by atoms with Gasteiger partial charge in [0.25, 0.3) is 0 Å². The number of para-hydroxylation sites is 1. The Morgan fingerprint density at radius 2 is 1.54 bits per heavy atom. The third-order valence-corrected chi connectivity index (χ3v) is 5.36. The number of Topliss-reactive ketones (excluding diaryl/α,β-unsaturated/α-hetero) is 1. The maximum absolute atomic E-state index is 12.2. The molecule has 2 rings (SSSR count). The highest BCUT2D eigenvalue weighted by molar-refractivity contribution is 7.92. The lowest BCUT2D eigenvalue weighted by molar-refractivity contribution is -0.144. The zero-order valence-electron chi connectivity index (χ0n) is 16.3. The molecule has 2 aromatic rings. The molecule has 0 fully saturated rings. The van der Waals surface area contributed by atoms with Crippen molar-refractivity contribution in [3.05, 3.63) is 59.2 Å². The first kappa shape index (κ1) is 21.4. The van der Waals surface area contributed by atoms with E-state index in [4.69, 9.17) is 9.47 Å². The number of esters is 1. The number of ether oxygens (including phenoxy) is 2. The van der Waals surface area contributed by atoms with Crippen molar-refractivity contribution in [2.75, 3.05) is 30.8 Å². The molecule has 0 unspecified atom stereocenters. The predicted molar refractivity (Wildman–Crippen MR) is 106 cm³/mol. The van der Waals surface area contributed by atoms with Crippen LogP contribution in [0.2, 0.25) is 0 Å². The SMILES string of the molecule is Cc1cccc(C)c1OCC(=O)OCC(=O)c1ccc(N(C)S(C)(=O)=O)cc1. The van der Waals surface area contributed by atoms with Crippen molar-refractivity contribution in [1.29, 1.82) is 0 Å². The van der Waals surface area contributed by atoms with Crippen LogP contribution < -0.4 is 9.04 Å². The number of carbonyl (C=O) groups is 2. The van der Waals surface area contributed by atoms with Gasteiger partial charge >= 0.3 is 5.97 Å². The second kappa shape index (κ2) is 8.88. The number of sulfonamides is 1. The fourth-order valence-corrected chi connectivity index (χ4v) is 2.98. The van der Waals surface area contributed by atoms with E-state index in [1.54, 1.807) is 0 Å². The summed E-state index contributed by atoms with van der Waals surface area (Å²) in [5.41, 5.74) is 2.55. The molecule has 0 heterocycles. The van der Waals surface area contributed by atoms with Gasteiger partial charge in [0.1, 0.15) is 5.75 Å². The number of aryl methyl sites for hydroxylation is 2. The fourth-order valence-electron chi connectivity index (χ4n) is 2.48. The van der Waals surface area contributed by atoms with Gasteiger partial charge in [-0.3, -0.25) is 9.10 Å². The van der Waals surface area contributed by atoms with Crippen LogP contribution in [-0.4, -0.2) is 46.7 Å². The lowest BCUT2D eigenvalue weighted by Gasteiger charge is -2.16. The minimum Gasteiger partial charge on any atom is -0.481 e. The van der Waals surface area contributed by atoms with Crippen LogP contribution in [0, 0.1) is 13.8 Å². The largest absolute Gasteiger partial charge is 0.481 e. The van der Waals surface area contributed by atoms with Gasteiger partial charge < -0.3 is 9.47 Å². The predicted octanol–water partition coefficient (Wildman–Crippen LogP) is 2.50. The van der Waals surface area contributed by atoms with Crippen LogP contribution in [0.25, 0.3) is 0 Å². The number of hydrogen-bond donors (Lipinski definition) is 0. The van der Waals surface area contributed by atoms with Gasteiger partial charge in [0.2, 0.25) is 10.0 Å². The Hall–Kier alpha value is -2.87. The number of ketones is 1. The van der Waals surface area contributed by atoms with E-state index in [2.05, 4.69) is 0 Å². The summed E-state index contributed by atoms with van der Waals surface area (Å²) in [5, 5.41) is 0. The molecule has 0 aliphatic heterocycles. The zero-order valence-corrected chi connectivity index (χ0v) is 17.1. The molecule has 150 valence electrons. The number of nitrogens with zero attached hydrogens (tertiary/aromatic N) is 1.